The zero-order valence-corrected chi connectivity index (χ0v) is 9.28. The first-order valence-electron chi connectivity index (χ1n) is 3.84. The molecule has 0 bridgehead atoms. The van der Waals surface area contributed by atoms with Crippen LogP contribution in [-0.2, 0) is 4.74 Å². The fourth-order valence-corrected chi connectivity index (χ4v) is 1.30. The molecule has 70 valence electrons. The largest absolute Gasteiger partial charge is 0.462 e. The first-order chi connectivity index (χ1) is 6.29. The van der Waals surface area contributed by atoms with Crippen molar-refractivity contribution in [2.75, 3.05) is 6.61 Å². The molecule has 0 atom stereocenters. The van der Waals surface area contributed by atoms with E-state index in [0.29, 0.717) is 17.9 Å². The monoisotopic (exact) mass is 292 g/mol. The zero-order chi connectivity index (χ0) is 9.68. The van der Waals surface area contributed by atoms with Gasteiger partial charge in [-0.15, -0.1) is 0 Å². The summed E-state index contributed by atoms with van der Waals surface area (Å²) in [6.07, 6.45) is 0. The van der Waals surface area contributed by atoms with E-state index in [1.54, 1.807) is 54.2 Å². The van der Waals surface area contributed by atoms with E-state index in [4.69, 9.17) is 7.80 Å². The van der Waals surface area contributed by atoms with Crippen molar-refractivity contribution in [2.24, 2.45) is 0 Å². The molecule has 0 saturated carbocycles. The van der Waals surface area contributed by atoms with Crippen LogP contribution in [0.1, 0.15) is 17.3 Å². The normalized spacial score (nSPS) is 9.38. The standard InChI is InChI=1S/C9H9IO3/c1-2-12-9(11)7-5-3-4-6-8(7)13-10/h3-6H,2H2,1H3. The van der Waals surface area contributed by atoms with E-state index in [1.807, 2.05) is 0 Å². The van der Waals surface area contributed by atoms with Crippen molar-refractivity contribution < 1.29 is 12.6 Å². The Labute approximate surface area is 90.7 Å². The number of rotatable bonds is 3. The SMILES string of the molecule is CCOC(=O)c1ccccc1OI. The van der Waals surface area contributed by atoms with Crippen LogP contribution in [0.3, 0.4) is 0 Å². The van der Waals surface area contributed by atoms with Crippen molar-refractivity contribution in [3.05, 3.63) is 29.8 Å². The van der Waals surface area contributed by atoms with Crippen LogP contribution in [0.2, 0.25) is 0 Å². The number of hydrogen-bond acceptors (Lipinski definition) is 3. The van der Waals surface area contributed by atoms with Crippen LogP contribution in [0.5, 0.6) is 5.75 Å². The van der Waals surface area contributed by atoms with Crippen molar-refractivity contribution in [3.8, 4) is 5.75 Å². The number of hydrogen-bond donors (Lipinski definition) is 0. The lowest BCUT2D eigenvalue weighted by Gasteiger charge is -2.04. The van der Waals surface area contributed by atoms with Gasteiger partial charge in [-0.05, 0) is 19.1 Å². The van der Waals surface area contributed by atoms with Gasteiger partial charge in [0.05, 0.1) is 6.61 Å². The molecule has 0 spiro atoms. The molecule has 13 heavy (non-hydrogen) atoms. The highest BCUT2D eigenvalue weighted by Gasteiger charge is 2.11. The van der Waals surface area contributed by atoms with Crippen LogP contribution >= 0.6 is 23.0 Å². The van der Waals surface area contributed by atoms with Crippen molar-refractivity contribution in [2.45, 2.75) is 6.92 Å². The second kappa shape index (κ2) is 5.06. The Balaban J connectivity index is 2.92. The first-order valence-corrected chi connectivity index (χ1v) is 4.72. The fraction of sp³-hybridized carbons (Fsp3) is 0.222. The van der Waals surface area contributed by atoms with Crippen molar-refractivity contribution in [1.29, 1.82) is 0 Å². The number of carbonyl (C=O) groups is 1. The molecule has 0 aromatic heterocycles. The summed E-state index contributed by atoms with van der Waals surface area (Å²) in [7, 11) is 0. The number of halogens is 1. The molecule has 3 nitrogen and oxygen atoms in total. The number of benzene rings is 1. The number of esters is 1. The van der Waals surface area contributed by atoms with Crippen molar-refractivity contribution in [3.63, 3.8) is 0 Å². The van der Waals surface area contributed by atoms with Crippen LogP contribution in [0, 0.1) is 0 Å². The summed E-state index contributed by atoms with van der Waals surface area (Å²) in [6.45, 7) is 2.14. The molecular formula is C9H9IO3. The summed E-state index contributed by atoms with van der Waals surface area (Å²) >= 11 is 1.73. The van der Waals surface area contributed by atoms with Gasteiger partial charge in [-0.3, -0.25) is 0 Å². The number of ether oxygens (including phenoxy) is 1. The molecule has 1 aromatic carbocycles. The van der Waals surface area contributed by atoms with Gasteiger partial charge in [-0.1, -0.05) is 12.1 Å². The smallest absolute Gasteiger partial charge is 0.341 e. The van der Waals surface area contributed by atoms with E-state index < -0.39 is 0 Å². The Morgan fingerprint density at radius 2 is 2.15 bits per heavy atom. The molecule has 1 aromatic rings. The summed E-state index contributed by atoms with van der Waals surface area (Å²) < 4.78 is 9.83. The van der Waals surface area contributed by atoms with E-state index >= 15 is 0 Å². The lowest BCUT2D eigenvalue weighted by molar-refractivity contribution is 0.0525. The number of para-hydroxylation sites is 1. The minimum Gasteiger partial charge on any atom is -0.462 e. The highest BCUT2D eigenvalue weighted by atomic mass is 127. The lowest BCUT2D eigenvalue weighted by atomic mass is 10.2. The zero-order valence-electron chi connectivity index (χ0n) is 7.12. The van der Waals surface area contributed by atoms with E-state index in [0.717, 1.165) is 0 Å². The van der Waals surface area contributed by atoms with Crippen LogP contribution < -0.4 is 3.07 Å². The maximum Gasteiger partial charge on any atom is 0.341 e. The Hall–Kier alpha value is -0.780. The summed E-state index contributed by atoms with van der Waals surface area (Å²) in [5.74, 6) is 0.177. The van der Waals surface area contributed by atoms with Gasteiger partial charge < -0.3 is 7.80 Å². The van der Waals surface area contributed by atoms with Crippen molar-refractivity contribution in [1.82, 2.24) is 0 Å². The summed E-state index contributed by atoms with van der Waals surface area (Å²) in [5, 5.41) is 0. The predicted octanol–water partition coefficient (Wildman–Crippen LogP) is 2.59. The summed E-state index contributed by atoms with van der Waals surface area (Å²) in [6, 6.07) is 6.97. The van der Waals surface area contributed by atoms with Gasteiger partial charge in [-0.25, -0.2) is 4.79 Å². The van der Waals surface area contributed by atoms with Gasteiger partial charge >= 0.3 is 5.97 Å². The highest BCUT2D eigenvalue weighted by Crippen LogP contribution is 2.20. The summed E-state index contributed by atoms with van der Waals surface area (Å²) in [5.41, 5.74) is 0.457. The molecule has 0 unspecified atom stereocenters. The van der Waals surface area contributed by atoms with E-state index in [2.05, 4.69) is 0 Å². The Bertz CT molecular complexity index is 299. The molecular weight excluding hydrogens is 283 g/mol. The Morgan fingerprint density at radius 1 is 1.46 bits per heavy atom. The first kappa shape index (κ1) is 10.3. The van der Waals surface area contributed by atoms with Gasteiger partial charge in [0.1, 0.15) is 11.3 Å². The van der Waals surface area contributed by atoms with Gasteiger partial charge in [0.25, 0.3) is 0 Å². The van der Waals surface area contributed by atoms with Gasteiger partial charge in [-0.2, -0.15) is 0 Å². The quantitative estimate of drug-likeness (QED) is 0.634. The molecule has 0 fully saturated rings. The minimum atomic E-state index is -0.352. The maximum absolute atomic E-state index is 11.3. The van der Waals surface area contributed by atoms with Crippen LogP contribution in [0.15, 0.2) is 24.3 Å². The third-order valence-corrected chi connectivity index (χ3v) is 1.94. The molecule has 0 saturated heterocycles. The molecule has 0 aliphatic carbocycles. The molecule has 4 heteroatoms. The second-order valence-corrected chi connectivity index (χ2v) is 2.73. The van der Waals surface area contributed by atoms with Crippen molar-refractivity contribution >= 4 is 29.0 Å². The third-order valence-electron chi connectivity index (χ3n) is 1.47. The molecule has 1 rings (SSSR count). The second-order valence-electron chi connectivity index (χ2n) is 2.29. The molecule has 0 aliphatic heterocycles. The van der Waals surface area contributed by atoms with Crippen LogP contribution in [0.25, 0.3) is 0 Å². The van der Waals surface area contributed by atoms with Gasteiger partial charge in [0, 0.05) is 0 Å². The molecule has 0 radical (unpaired) electrons. The fourth-order valence-electron chi connectivity index (χ4n) is 0.911. The average molecular weight is 292 g/mol. The summed E-state index contributed by atoms with van der Waals surface area (Å²) in [4.78, 5) is 11.3. The number of carbonyl (C=O) groups excluding carboxylic acids is 1. The lowest BCUT2D eigenvalue weighted by Crippen LogP contribution is -2.05. The van der Waals surface area contributed by atoms with E-state index in [-0.39, 0.29) is 5.97 Å². The third kappa shape index (κ3) is 2.58. The topological polar surface area (TPSA) is 35.5 Å². The molecule has 0 amide bonds. The highest BCUT2D eigenvalue weighted by molar-refractivity contribution is 14.1. The minimum absolute atomic E-state index is 0.352. The Kier molecular flexibility index (Phi) is 4.01. The molecule has 0 N–H and O–H groups in total. The van der Waals surface area contributed by atoms with Crippen LogP contribution in [0.4, 0.5) is 0 Å². The average Bonchev–Trinajstić information content (AvgIpc) is 2.18. The van der Waals surface area contributed by atoms with E-state index in [1.165, 1.54) is 0 Å². The maximum atomic E-state index is 11.3. The van der Waals surface area contributed by atoms with E-state index in [9.17, 15) is 4.79 Å². The molecule has 0 aliphatic rings. The van der Waals surface area contributed by atoms with Crippen LogP contribution in [-0.4, -0.2) is 12.6 Å². The van der Waals surface area contributed by atoms with Gasteiger partial charge in [0.2, 0.25) is 0 Å². The molecule has 0 heterocycles. The Morgan fingerprint density at radius 3 is 2.77 bits per heavy atom. The predicted molar refractivity (Wildman–Crippen MR) is 57.0 cm³/mol. The van der Waals surface area contributed by atoms with Gasteiger partial charge in [0.15, 0.2) is 23.0 Å².